The predicted molar refractivity (Wildman–Crippen MR) is 42.7 cm³/mol. The smallest absolute Gasteiger partial charge is 0.338 e. The Morgan fingerprint density at radius 3 is 1.75 bits per heavy atom. The van der Waals surface area contributed by atoms with E-state index in [-0.39, 0.29) is 5.82 Å². The molecule has 0 bridgehead atoms. The van der Waals surface area contributed by atoms with Crippen molar-refractivity contribution in [2.24, 2.45) is 0 Å². The van der Waals surface area contributed by atoms with E-state index in [4.69, 9.17) is 0 Å². The van der Waals surface area contributed by atoms with Crippen molar-refractivity contribution in [1.29, 1.82) is 0 Å². The van der Waals surface area contributed by atoms with E-state index in [1.807, 2.05) is 0 Å². The van der Waals surface area contributed by atoms with Gasteiger partial charge in [0, 0.05) is 5.92 Å². The van der Waals surface area contributed by atoms with E-state index in [0.717, 1.165) is 0 Å². The van der Waals surface area contributed by atoms with E-state index >= 15 is 0 Å². The molecule has 1 aromatic heterocycles. The minimum Gasteiger partial charge on any atom is -0.338 e. The minimum absolute atomic E-state index is 0.334. The molecule has 0 aliphatic rings. The summed E-state index contributed by atoms with van der Waals surface area (Å²) in [6.45, 7) is 2.89. The Kier molecular flexibility index (Phi) is 2.95. The molecule has 1 N–H and O–H groups in total. The maximum atomic E-state index is 12.3. The number of nitrogens with zero attached hydrogens (tertiary/aromatic N) is 1. The van der Waals surface area contributed by atoms with Crippen molar-refractivity contribution < 1.29 is 26.3 Å². The average molecular weight is 246 g/mol. The summed E-state index contributed by atoms with van der Waals surface area (Å²) in [7, 11) is 0. The van der Waals surface area contributed by atoms with E-state index in [1.54, 1.807) is 4.98 Å². The second-order valence-electron chi connectivity index (χ2n) is 3.50. The van der Waals surface area contributed by atoms with Crippen LogP contribution in [0.1, 0.15) is 37.0 Å². The van der Waals surface area contributed by atoms with Crippen molar-refractivity contribution in [3.63, 3.8) is 0 Å². The first-order valence-electron chi connectivity index (χ1n) is 4.27. The van der Waals surface area contributed by atoms with Crippen molar-refractivity contribution in [2.45, 2.75) is 32.1 Å². The van der Waals surface area contributed by atoms with Gasteiger partial charge in [-0.2, -0.15) is 26.3 Å². The molecule has 2 nitrogen and oxygen atoms in total. The van der Waals surface area contributed by atoms with Crippen LogP contribution in [0.15, 0.2) is 0 Å². The molecule has 16 heavy (non-hydrogen) atoms. The molecule has 0 atom stereocenters. The molecule has 1 rings (SSSR count). The van der Waals surface area contributed by atoms with Gasteiger partial charge in [0.2, 0.25) is 0 Å². The number of halogens is 6. The molecule has 1 aromatic rings. The number of rotatable bonds is 1. The molecule has 0 unspecified atom stereocenters. The summed E-state index contributed by atoms with van der Waals surface area (Å²) in [4.78, 5) is 4.62. The van der Waals surface area contributed by atoms with Crippen molar-refractivity contribution in [3.05, 3.63) is 17.2 Å². The van der Waals surface area contributed by atoms with E-state index in [0.29, 0.717) is 0 Å². The highest BCUT2D eigenvalue weighted by molar-refractivity contribution is 5.22. The van der Waals surface area contributed by atoms with Gasteiger partial charge in [-0.15, -0.1) is 0 Å². The summed E-state index contributed by atoms with van der Waals surface area (Å²) in [6, 6.07) is 0. The summed E-state index contributed by atoms with van der Waals surface area (Å²) in [5.41, 5.74) is -3.76. The quantitative estimate of drug-likeness (QED) is 0.754. The van der Waals surface area contributed by atoms with E-state index < -0.39 is 29.7 Å². The number of aromatic nitrogens is 2. The first kappa shape index (κ1) is 12.9. The van der Waals surface area contributed by atoms with Crippen LogP contribution in [-0.2, 0) is 12.4 Å². The highest BCUT2D eigenvalue weighted by Crippen LogP contribution is 2.39. The van der Waals surface area contributed by atoms with E-state index in [9.17, 15) is 26.3 Å². The average Bonchev–Trinajstić information content (AvgIpc) is 2.44. The third kappa shape index (κ3) is 2.48. The molecule has 0 aliphatic heterocycles. The fourth-order valence-corrected chi connectivity index (χ4v) is 1.08. The summed E-state index contributed by atoms with van der Waals surface area (Å²) in [6.07, 6.45) is -10.2. The van der Waals surface area contributed by atoms with Gasteiger partial charge in [0.05, 0.1) is 0 Å². The number of hydrogen-bond acceptors (Lipinski definition) is 1. The maximum absolute atomic E-state index is 12.3. The molecule has 0 spiro atoms. The number of aromatic amines is 1. The van der Waals surface area contributed by atoms with Crippen molar-refractivity contribution in [1.82, 2.24) is 9.97 Å². The second-order valence-corrected chi connectivity index (χ2v) is 3.50. The number of imidazole rings is 1. The zero-order valence-electron chi connectivity index (χ0n) is 8.29. The summed E-state index contributed by atoms with van der Waals surface area (Å²) < 4.78 is 73.7. The Hall–Kier alpha value is -1.21. The maximum Gasteiger partial charge on any atom is 0.435 e. The zero-order valence-corrected chi connectivity index (χ0v) is 8.29. The zero-order chi connectivity index (χ0) is 12.7. The van der Waals surface area contributed by atoms with Gasteiger partial charge in [-0.25, -0.2) is 4.98 Å². The number of alkyl halides is 6. The Bertz CT molecular complexity index is 341. The normalized spacial score (nSPS) is 13.6. The summed E-state index contributed by atoms with van der Waals surface area (Å²) in [5.74, 6) is -0.878. The Morgan fingerprint density at radius 1 is 1.00 bits per heavy atom. The van der Waals surface area contributed by atoms with E-state index in [1.165, 1.54) is 13.8 Å². The molecule has 92 valence electrons. The lowest BCUT2D eigenvalue weighted by atomic mass is 10.2. The third-order valence-electron chi connectivity index (χ3n) is 1.82. The van der Waals surface area contributed by atoms with Crippen molar-refractivity contribution in [3.8, 4) is 0 Å². The van der Waals surface area contributed by atoms with Crippen LogP contribution in [0.5, 0.6) is 0 Å². The van der Waals surface area contributed by atoms with Crippen LogP contribution < -0.4 is 0 Å². The summed E-state index contributed by atoms with van der Waals surface area (Å²) in [5, 5.41) is 0. The molecule has 0 aliphatic carbocycles. The SMILES string of the molecule is CC(C)c1nc(C(F)(F)F)c(C(F)(F)F)[nH]1. The largest absolute Gasteiger partial charge is 0.435 e. The Morgan fingerprint density at radius 2 is 1.50 bits per heavy atom. The molecule has 0 radical (unpaired) electrons. The molecule has 0 amide bonds. The topological polar surface area (TPSA) is 28.7 Å². The van der Waals surface area contributed by atoms with Gasteiger partial charge in [0.25, 0.3) is 0 Å². The lowest BCUT2D eigenvalue weighted by Crippen LogP contribution is -2.16. The van der Waals surface area contributed by atoms with Gasteiger partial charge < -0.3 is 4.98 Å². The Balaban J connectivity index is 3.36. The Labute approximate surface area is 86.7 Å². The van der Waals surface area contributed by atoms with Gasteiger partial charge in [0.15, 0.2) is 11.4 Å². The van der Waals surface area contributed by atoms with E-state index in [2.05, 4.69) is 4.98 Å². The number of nitrogens with one attached hydrogen (secondary N) is 1. The molecule has 0 fully saturated rings. The molecule has 1 heterocycles. The third-order valence-corrected chi connectivity index (χ3v) is 1.82. The van der Waals surface area contributed by atoms with Crippen LogP contribution in [0, 0.1) is 0 Å². The van der Waals surface area contributed by atoms with Crippen LogP contribution in [0.4, 0.5) is 26.3 Å². The number of hydrogen-bond donors (Lipinski definition) is 1. The van der Waals surface area contributed by atoms with Crippen LogP contribution in [0.25, 0.3) is 0 Å². The number of H-pyrrole nitrogens is 1. The molecule has 0 aromatic carbocycles. The molecule has 0 saturated heterocycles. The summed E-state index contributed by atoms with van der Waals surface area (Å²) >= 11 is 0. The monoisotopic (exact) mass is 246 g/mol. The fourth-order valence-electron chi connectivity index (χ4n) is 1.08. The minimum atomic E-state index is -5.12. The van der Waals surface area contributed by atoms with Crippen LogP contribution in [0.3, 0.4) is 0 Å². The van der Waals surface area contributed by atoms with Gasteiger partial charge in [0.1, 0.15) is 5.82 Å². The highest BCUT2D eigenvalue weighted by atomic mass is 19.4. The molecular weight excluding hydrogens is 238 g/mol. The van der Waals surface area contributed by atoms with Crippen molar-refractivity contribution in [2.75, 3.05) is 0 Å². The fraction of sp³-hybridized carbons (Fsp3) is 0.625. The highest BCUT2D eigenvalue weighted by Gasteiger charge is 2.46. The van der Waals surface area contributed by atoms with Gasteiger partial charge in [-0.05, 0) is 0 Å². The van der Waals surface area contributed by atoms with Crippen molar-refractivity contribution >= 4 is 0 Å². The molecule has 8 heteroatoms. The van der Waals surface area contributed by atoms with Crippen LogP contribution >= 0.6 is 0 Å². The lowest BCUT2D eigenvalue weighted by molar-refractivity contribution is -0.165. The predicted octanol–water partition coefficient (Wildman–Crippen LogP) is 3.57. The van der Waals surface area contributed by atoms with Gasteiger partial charge in [-0.1, -0.05) is 13.8 Å². The van der Waals surface area contributed by atoms with Gasteiger partial charge >= 0.3 is 12.4 Å². The second kappa shape index (κ2) is 3.67. The van der Waals surface area contributed by atoms with Crippen LogP contribution in [-0.4, -0.2) is 9.97 Å². The first-order chi connectivity index (χ1) is 7.03. The lowest BCUT2D eigenvalue weighted by Gasteiger charge is -2.08. The van der Waals surface area contributed by atoms with Gasteiger partial charge in [-0.3, -0.25) is 0 Å². The first-order valence-corrected chi connectivity index (χ1v) is 4.27. The molecule has 0 saturated carbocycles. The molecular formula is C8H8F6N2. The van der Waals surface area contributed by atoms with Crippen LogP contribution in [0.2, 0.25) is 0 Å². The standard InChI is InChI=1S/C8H8F6N2/c1-3(2)6-15-4(7(9,10)11)5(16-6)8(12,13)14/h3H,1-2H3,(H,15,16).